The highest BCUT2D eigenvalue weighted by Gasteiger charge is 2.21. The Hall–Kier alpha value is -3.98. The highest BCUT2D eigenvalue weighted by molar-refractivity contribution is 6.33. The maximum Gasteiger partial charge on any atom is 0.229 e. The molecule has 0 radical (unpaired) electrons. The zero-order valence-electron chi connectivity index (χ0n) is 21.3. The highest BCUT2D eigenvalue weighted by atomic mass is 35.5. The summed E-state index contributed by atoms with van der Waals surface area (Å²) in [6.07, 6.45) is 1.83. The molecular formula is C27H29ClN6O3. The van der Waals surface area contributed by atoms with Crippen molar-refractivity contribution >= 4 is 45.6 Å². The lowest BCUT2D eigenvalue weighted by atomic mass is 10.1. The quantitative estimate of drug-likeness (QED) is 0.358. The van der Waals surface area contributed by atoms with E-state index < -0.39 is 0 Å². The SMILES string of the molecule is COc1cc(Nc2nc(C)cc(N3CCN(c4ccnc5cc(Cl)c(OC)cc45)CC3)n2)cc(OC)c1. The van der Waals surface area contributed by atoms with Crippen molar-refractivity contribution in [1.29, 1.82) is 0 Å². The fourth-order valence-corrected chi connectivity index (χ4v) is 4.76. The molecule has 1 N–H and O–H groups in total. The zero-order valence-corrected chi connectivity index (χ0v) is 22.0. The van der Waals surface area contributed by atoms with Gasteiger partial charge in [0.05, 0.1) is 31.9 Å². The number of pyridine rings is 1. The fraction of sp³-hybridized carbons (Fsp3) is 0.296. The van der Waals surface area contributed by atoms with Crippen molar-refractivity contribution < 1.29 is 14.2 Å². The number of aromatic nitrogens is 3. The Balaban J connectivity index is 1.34. The number of ether oxygens (including phenoxy) is 3. The second kappa shape index (κ2) is 10.6. The van der Waals surface area contributed by atoms with Gasteiger partial charge in [0.15, 0.2) is 0 Å². The summed E-state index contributed by atoms with van der Waals surface area (Å²) in [5, 5.41) is 4.87. The van der Waals surface area contributed by atoms with Crippen molar-refractivity contribution in [3.8, 4) is 17.2 Å². The molecule has 10 heteroatoms. The molecule has 0 aliphatic carbocycles. The number of nitrogens with zero attached hydrogens (tertiary/aromatic N) is 5. The van der Waals surface area contributed by atoms with Gasteiger partial charge in [0.25, 0.3) is 0 Å². The maximum absolute atomic E-state index is 6.32. The predicted octanol–water partition coefficient (Wildman–Crippen LogP) is 5.08. The third-order valence-electron chi connectivity index (χ3n) is 6.38. The van der Waals surface area contributed by atoms with Crippen LogP contribution in [0.3, 0.4) is 0 Å². The molecule has 192 valence electrons. The average Bonchev–Trinajstić information content (AvgIpc) is 2.91. The van der Waals surface area contributed by atoms with Gasteiger partial charge < -0.3 is 29.3 Å². The molecule has 0 unspecified atom stereocenters. The van der Waals surface area contributed by atoms with Gasteiger partial charge in [-0.05, 0) is 25.1 Å². The minimum atomic E-state index is 0.525. The molecule has 3 heterocycles. The van der Waals surface area contributed by atoms with Gasteiger partial charge in [-0.15, -0.1) is 0 Å². The van der Waals surface area contributed by atoms with Crippen LogP contribution in [0.2, 0.25) is 5.02 Å². The Morgan fingerprint density at radius 3 is 2.22 bits per heavy atom. The largest absolute Gasteiger partial charge is 0.497 e. The molecule has 0 bridgehead atoms. The average molecular weight is 521 g/mol. The first-order valence-electron chi connectivity index (χ1n) is 12.0. The van der Waals surface area contributed by atoms with Gasteiger partial charge >= 0.3 is 0 Å². The molecule has 0 amide bonds. The van der Waals surface area contributed by atoms with Crippen LogP contribution in [0, 0.1) is 6.92 Å². The molecule has 0 atom stereocenters. The molecule has 9 nitrogen and oxygen atoms in total. The highest BCUT2D eigenvalue weighted by Crippen LogP contribution is 2.35. The van der Waals surface area contributed by atoms with Crippen LogP contribution in [0.1, 0.15) is 5.69 Å². The lowest BCUT2D eigenvalue weighted by Gasteiger charge is -2.37. The van der Waals surface area contributed by atoms with Crippen LogP contribution in [-0.2, 0) is 0 Å². The van der Waals surface area contributed by atoms with Gasteiger partial charge in [0, 0.05) is 79.1 Å². The van der Waals surface area contributed by atoms with Crippen molar-refractivity contribution in [2.24, 2.45) is 0 Å². The molecule has 4 aromatic rings. The Kier molecular flexibility index (Phi) is 7.05. The van der Waals surface area contributed by atoms with E-state index in [0.29, 0.717) is 28.2 Å². The summed E-state index contributed by atoms with van der Waals surface area (Å²) >= 11 is 6.32. The van der Waals surface area contributed by atoms with Gasteiger partial charge in [0.2, 0.25) is 5.95 Å². The number of rotatable bonds is 7. The predicted molar refractivity (Wildman–Crippen MR) is 147 cm³/mol. The first-order valence-corrected chi connectivity index (χ1v) is 12.3. The number of aryl methyl sites for hydroxylation is 1. The second-order valence-electron chi connectivity index (χ2n) is 8.73. The van der Waals surface area contributed by atoms with Crippen LogP contribution in [0.25, 0.3) is 10.9 Å². The van der Waals surface area contributed by atoms with E-state index >= 15 is 0 Å². The molecule has 1 saturated heterocycles. The van der Waals surface area contributed by atoms with Crippen molar-refractivity contribution in [3.63, 3.8) is 0 Å². The molecule has 1 aliphatic heterocycles. The third kappa shape index (κ3) is 5.27. The topological polar surface area (TPSA) is 84.9 Å². The van der Waals surface area contributed by atoms with Crippen LogP contribution >= 0.6 is 11.6 Å². The Bertz CT molecular complexity index is 1400. The lowest BCUT2D eigenvalue weighted by Crippen LogP contribution is -2.47. The van der Waals surface area contributed by atoms with E-state index in [0.717, 1.165) is 60.0 Å². The standard InChI is InChI=1S/C27H29ClN6O3/c1-17-11-26(32-27(30-17)31-18-12-19(35-2)14-20(13-18)36-3)34-9-7-33(8-10-34)24-5-6-29-23-16-22(28)25(37-4)15-21(23)24/h5-6,11-16H,7-10H2,1-4H3,(H,30,31,32). The van der Waals surface area contributed by atoms with E-state index in [4.69, 9.17) is 30.8 Å². The summed E-state index contributed by atoms with van der Waals surface area (Å²) in [6, 6.07) is 13.5. The second-order valence-corrected chi connectivity index (χ2v) is 9.13. The molecule has 1 aliphatic rings. The number of hydrogen-bond acceptors (Lipinski definition) is 9. The van der Waals surface area contributed by atoms with E-state index in [2.05, 4.69) is 25.1 Å². The molecule has 2 aromatic heterocycles. The molecule has 37 heavy (non-hydrogen) atoms. The number of benzene rings is 2. The van der Waals surface area contributed by atoms with E-state index in [1.54, 1.807) is 21.3 Å². The number of hydrogen-bond donors (Lipinski definition) is 1. The fourth-order valence-electron chi connectivity index (χ4n) is 4.52. The molecule has 5 rings (SSSR count). The summed E-state index contributed by atoms with van der Waals surface area (Å²) in [6.45, 7) is 5.28. The van der Waals surface area contributed by atoms with Gasteiger partial charge in [-0.1, -0.05) is 11.6 Å². The summed E-state index contributed by atoms with van der Waals surface area (Å²) in [7, 11) is 4.87. The zero-order chi connectivity index (χ0) is 25.9. The Morgan fingerprint density at radius 2 is 1.54 bits per heavy atom. The number of fused-ring (bicyclic) bond motifs is 1. The number of piperazine rings is 1. The minimum absolute atomic E-state index is 0.525. The minimum Gasteiger partial charge on any atom is -0.497 e. The van der Waals surface area contributed by atoms with Crippen molar-refractivity contribution in [1.82, 2.24) is 15.0 Å². The number of anilines is 4. The first kappa shape index (κ1) is 24.7. The Labute approximate surface area is 221 Å². The van der Waals surface area contributed by atoms with Crippen molar-refractivity contribution in [3.05, 3.63) is 59.4 Å². The molecule has 0 spiro atoms. The van der Waals surface area contributed by atoms with Gasteiger partial charge in [-0.3, -0.25) is 4.98 Å². The van der Waals surface area contributed by atoms with Crippen LogP contribution in [0.15, 0.2) is 48.7 Å². The monoisotopic (exact) mass is 520 g/mol. The summed E-state index contributed by atoms with van der Waals surface area (Å²) in [4.78, 5) is 18.5. The number of nitrogens with one attached hydrogen (secondary N) is 1. The number of halogens is 1. The third-order valence-corrected chi connectivity index (χ3v) is 6.68. The number of methoxy groups -OCH3 is 3. The van der Waals surface area contributed by atoms with E-state index in [1.165, 1.54) is 0 Å². The van der Waals surface area contributed by atoms with E-state index in [1.807, 2.05) is 55.6 Å². The summed E-state index contributed by atoms with van der Waals surface area (Å²) in [5.41, 5.74) is 3.64. The van der Waals surface area contributed by atoms with E-state index in [-0.39, 0.29) is 0 Å². The van der Waals surface area contributed by atoms with Crippen LogP contribution in [-0.4, -0.2) is 62.5 Å². The van der Waals surface area contributed by atoms with Gasteiger partial charge in [-0.2, -0.15) is 4.98 Å². The molecule has 2 aromatic carbocycles. The van der Waals surface area contributed by atoms with Crippen molar-refractivity contribution in [2.75, 3.05) is 62.6 Å². The molecule has 1 fully saturated rings. The molecule has 0 saturated carbocycles. The van der Waals surface area contributed by atoms with Crippen LogP contribution in [0.5, 0.6) is 17.2 Å². The van der Waals surface area contributed by atoms with Crippen molar-refractivity contribution in [2.45, 2.75) is 6.92 Å². The van der Waals surface area contributed by atoms with Crippen LogP contribution < -0.4 is 29.3 Å². The lowest BCUT2D eigenvalue weighted by molar-refractivity contribution is 0.395. The van der Waals surface area contributed by atoms with Gasteiger partial charge in [-0.25, -0.2) is 4.98 Å². The summed E-state index contributed by atoms with van der Waals surface area (Å²) < 4.78 is 16.2. The maximum atomic E-state index is 6.32. The normalized spacial score (nSPS) is 13.5. The van der Waals surface area contributed by atoms with Crippen LogP contribution in [0.4, 0.5) is 23.1 Å². The smallest absolute Gasteiger partial charge is 0.229 e. The Morgan fingerprint density at radius 1 is 0.838 bits per heavy atom. The first-order chi connectivity index (χ1) is 18.0. The van der Waals surface area contributed by atoms with E-state index in [9.17, 15) is 0 Å². The summed E-state index contributed by atoms with van der Waals surface area (Å²) in [5.74, 6) is 3.44. The van der Waals surface area contributed by atoms with Gasteiger partial charge in [0.1, 0.15) is 23.1 Å². The molecular weight excluding hydrogens is 492 g/mol.